The van der Waals surface area contributed by atoms with Crippen LogP contribution >= 0.6 is 0 Å². The number of nitrogens with zero attached hydrogens (tertiary/aromatic N) is 4. The van der Waals surface area contributed by atoms with Gasteiger partial charge in [0.05, 0.1) is 12.7 Å². The van der Waals surface area contributed by atoms with E-state index in [-0.39, 0.29) is 17.8 Å². The van der Waals surface area contributed by atoms with Gasteiger partial charge in [0.15, 0.2) is 11.2 Å². The molecular formula is C26H26N4O5. The van der Waals surface area contributed by atoms with Crippen LogP contribution in [-0.4, -0.2) is 31.8 Å². The SMILES string of the molecule is CCn1c(=O)c2c(nc(C=Cc3cc(OC)ccc3OC(=O)c3ccccc3)n2C)n(CC)c1=O. The number of rotatable bonds is 7. The molecule has 0 saturated heterocycles. The molecule has 0 saturated carbocycles. The normalized spacial score (nSPS) is 11.3. The van der Waals surface area contributed by atoms with Crippen LogP contribution in [0.15, 0.2) is 58.1 Å². The molecule has 2 aromatic heterocycles. The standard InChI is InChI=1S/C26H26N4O5/c1-5-29-23-22(24(31)30(6-2)26(29)33)28(3)21(27-23)15-12-18-16-19(34-4)13-14-20(18)35-25(32)17-10-8-7-9-11-17/h7-16H,5-6H2,1-4H3. The number of ether oxygens (including phenoxy) is 2. The molecule has 0 N–H and O–H groups in total. The Morgan fingerprint density at radius 2 is 1.71 bits per heavy atom. The fourth-order valence-corrected chi connectivity index (χ4v) is 3.87. The molecule has 0 fully saturated rings. The van der Waals surface area contributed by atoms with E-state index in [1.54, 1.807) is 80.3 Å². The Morgan fingerprint density at radius 3 is 2.37 bits per heavy atom. The zero-order chi connectivity index (χ0) is 25.1. The van der Waals surface area contributed by atoms with Gasteiger partial charge in [0.2, 0.25) is 0 Å². The Hall–Kier alpha value is -4.40. The van der Waals surface area contributed by atoms with Crippen molar-refractivity contribution in [3.05, 3.63) is 86.3 Å². The highest BCUT2D eigenvalue weighted by Crippen LogP contribution is 2.27. The Morgan fingerprint density at radius 1 is 1.00 bits per heavy atom. The molecule has 0 radical (unpaired) electrons. The van der Waals surface area contributed by atoms with E-state index >= 15 is 0 Å². The second kappa shape index (κ2) is 9.84. The number of carbonyl (C=O) groups is 1. The predicted molar refractivity (Wildman–Crippen MR) is 134 cm³/mol. The van der Waals surface area contributed by atoms with Crippen LogP contribution in [0.2, 0.25) is 0 Å². The van der Waals surface area contributed by atoms with Crippen LogP contribution in [-0.2, 0) is 20.1 Å². The summed E-state index contributed by atoms with van der Waals surface area (Å²) < 4.78 is 15.3. The largest absolute Gasteiger partial charge is 0.497 e. The molecule has 2 aromatic carbocycles. The monoisotopic (exact) mass is 474 g/mol. The van der Waals surface area contributed by atoms with E-state index in [4.69, 9.17) is 9.47 Å². The average molecular weight is 475 g/mol. The van der Waals surface area contributed by atoms with Crippen molar-refractivity contribution < 1.29 is 14.3 Å². The van der Waals surface area contributed by atoms with Gasteiger partial charge in [0, 0.05) is 25.7 Å². The summed E-state index contributed by atoms with van der Waals surface area (Å²) in [4.78, 5) is 42.8. The van der Waals surface area contributed by atoms with Gasteiger partial charge < -0.3 is 14.0 Å². The summed E-state index contributed by atoms with van der Waals surface area (Å²) in [6, 6.07) is 13.8. The number of aryl methyl sites for hydroxylation is 2. The topological polar surface area (TPSA) is 97.4 Å². The molecule has 0 unspecified atom stereocenters. The van der Waals surface area contributed by atoms with Gasteiger partial charge in [-0.3, -0.25) is 13.9 Å². The van der Waals surface area contributed by atoms with Crippen molar-refractivity contribution in [3.63, 3.8) is 0 Å². The fraction of sp³-hybridized carbons (Fsp3) is 0.231. The van der Waals surface area contributed by atoms with Crippen LogP contribution in [0.4, 0.5) is 0 Å². The van der Waals surface area contributed by atoms with E-state index in [0.717, 1.165) is 0 Å². The zero-order valence-electron chi connectivity index (χ0n) is 20.0. The molecule has 0 atom stereocenters. The Bertz CT molecular complexity index is 1540. The van der Waals surface area contributed by atoms with Crippen molar-refractivity contribution in [3.8, 4) is 11.5 Å². The summed E-state index contributed by atoms with van der Waals surface area (Å²) >= 11 is 0. The average Bonchev–Trinajstić information content (AvgIpc) is 3.20. The van der Waals surface area contributed by atoms with Gasteiger partial charge in [-0.1, -0.05) is 18.2 Å². The fourth-order valence-electron chi connectivity index (χ4n) is 3.87. The number of aromatic nitrogens is 4. The number of esters is 1. The van der Waals surface area contributed by atoms with Gasteiger partial charge in [-0.15, -0.1) is 0 Å². The minimum Gasteiger partial charge on any atom is -0.497 e. The molecule has 0 bridgehead atoms. The summed E-state index contributed by atoms with van der Waals surface area (Å²) in [5.41, 5.74) is 0.915. The van der Waals surface area contributed by atoms with Crippen molar-refractivity contribution >= 4 is 29.3 Å². The van der Waals surface area contributed by atoms with Crippen LogP contribution in [0.1, 0.15) is 35.6 Å². The molecule has 35 heavy (non-hydrogen) atoms. The number of hydrogen-bond acceptors (Lipinski definition) is 6. The molecule has 0 aliphatic carbocycles. The third kappa shape index (κ3) is 4.40. The third-order valence-electron chi connectivity index (χ3n) is 5.75. The number of benzene rings is 2. The van der Waals surface area contributed by atoms with E-state index in [2.05, 4.69) is 4.98 Å². The van der Waals surface area contributed by atoms with Crippen molar-refractivity contribution in [2.75, 3.05) is 7.11 Å². The molecule has 0 amide bonds. The minimum atomic E-state index is -0.486. The van der Waals surface area contributed by atoms with Gasteiger partial charge >= 0.3 is 11.7 Å². The first-order chi connectivity index (χ1) is 16.9. The number of fused-ring (bicyclic) bond motifs is 1. The van der Waals surface area contributed by atoms with Crippen molar-refractivity contribution in [1.29, 1.82) is 0 Å². The number of methoxy groups -OCH3 is 1. The zero-order valence-corrected chi connectivity index (χ0v) is 20.0. The van der Waals surface area contributed by atoms with Crippen molar-refractivity contribution in [2.24, 2.45) is 7.05 Å². The molecule has 2 heterocycles. The lowest BCUT2D eigenvalue weighted by atomic mass is 10.1. The predicted octanol–water partition coefficient (Wildman–Crippen LogP) is 3.33. The summed E-state index contributed by atoms with van der Waals surface area (Å²) in [7, 11) is 3.27. The molecule has 0 aliphatic heterocycles. The van der Waals surface area contributed by atoms with E-state index in [9.17, 15) is 14.4 Å². The first kappa shape index (κ1) is 23.7. The second-order valence-corrected chi connectivity index (χ2v) is 7.77. The van der Waals surface area contributed by atoms with Crippen LogP contribution < -0.4 is 20.7 Å². The molecule has 4 aromatic rings. The highest BCUT2D eigenvalue weighted by molar-refractivity contribution is 5.91. The quantitative estimate of drug-likeness (QED) is 0.301. The van der Waals surface area contributed by atoms with Crippen LogP contribution in [0.5, 0.6) is 11.5 Å². The summed E-state index contributed by atoms with van der Waals surface area (Å²) in [6.45, 7) is 4.24. The lowest BCUT2D eigenvalue weighted by molar-refractivity contribution is 0.0734. The summed E-state index contributed by atoms with van der Waals surface area (Å²) in [6.07, 6.45) is 3.43. The highest BCUT2D eigenvalue weighted by atomic mass is 16.5. The van der Waals surface area contributed by atoms with Gasteiger partial charge in [0.25, 0.3) is 5.56 Å². The number of imidazole rings is 1. The first-order valence-electron chi connectivity index (χ1n) is 11.2. The highest BCUT2D eigenvalue weighted by Gasteiger charge is 2.18. The smallest absolute Gasteiger partial charge is 0.343 e. The van der Waals surface area contributed by atoms with E-state index in [1.807, 2.05) is 13.0 Å². The summed E-state index contributed by atoms with van der Waals surface area (Å²) in [5, 5.41) is 0. The Kier molecular flexibility index (Phi) is 6.68. The van der Waals surface area contributed by atoms with Crippen LogP contribution in [0, 0.1) is 0 Å². The van der Waals surface area contributed by atoms with Crippen molar-refractivity contribution in [1.82, 2.24) is 18.7 Å². The van der Waals surface area contributed by atoms with Gasteiger partial charge in [-0.2, -0.15) is 0 Å². The summed E-state index contributed by atoms with van der Waals surface area (Å²) in [5.74, 6) is 0.907. The maximum Gasteiger partial charge on any atom is 0.343 e. The lowest BCUT2D eigenvalue weighted by Crippen LogP contribution is -2.39. The molecule has 9 nitrogen and oxygen atoms in total. The van der Waals surface area contributed by atoms with Crippen molar-refractivity contribution in [2.45, 2.75) is 26.9 Å². The van der Waals surface area contributed by atoms with Crippen LogP contribution in [0.25, 0.3) is 23.3 Å². The third-order valence-corrected chi connectivity index (χ3v) is 5.75. The molecule has 4 rings (SSSR count). The maximum atomic E-state index is 12.9. The molecular weight excluding hydrogens is 448 g/mol. The first-order valence-corrected chi connectivity index (χ1v) is 11.2. The number of carbonyl (C=O) groups excluding carboxylic acids is 1. The van der Waals surface area contributed by atoms with E-state index in [1.165, 1.54) is 9.13 Å². The Labute approximate surface area is 201 Å². The molecule has 180 valence electrons. The number of hydrogen-bond donors (Lipinski definition) is 0. The molecule has 0 aliphatic rings. The van der Waals surface area contributed by atoms with Crippen LogP contribution in [0.3, 0.4) is 0 Å². The maximum absolute atomic E-state index is 12.9. The van der Waals surface area contributed by atoms with Gasteiger partial charge in [-0.05, 0) is 56.3 Å². The van der Waals surface area contributed by atoms with E-state index in [0.29, 0.717) is 46.2 Å². The van der Waals surface area contributed by atoms with Gasteiger partial charge in [-0.25, -0.2) is 14.6 Å². The molecule has 9 heteroatoms. The Balaban J connectivity index is 1.78. The molecule has 0 spiro atoms. The van der Waals surface area contributed by atoms with Gasteiger partial charge in [0.1, 0.15) is 17.3 Å². The second-order valence-electron chi connectivity index (χ2n) is 7.77. The lowest BCUT2D eigenvalue weighted by Gasteiger charge is -2.09. The van der Waals surface area contributed by atoms with E-state index < -0.39 is 5.97 Å². The minimum absolute atomic E-state index is 0.268.